The number of aryl methyl sites for hydroxylation is 1. The number of ether oxygens (including phenoxy) is 1. The molecule has 3 rings (SSSR count). The van der Waals surface area contributed by atoms with Crippen molar-refractivity contribution in [3.63, 3.8) is 0 Å². The summed E-state index contributed by atoms with van der Waals surface area (Å²) >= 11 is 0. The second kappa shape index (κ2) is 5.06. The number of fused-ring (bicyclic) bond motifs is 3. The van der Waals surface area contributed by atoms with Gasteiger partial charge in [-0.3, -0.25) is 0 Å². The van der Waals surface area contributed by atoms with Crippen LogP contribution in [0.2, 0.25) is 0 Å². The highest BCUT2D eigenvalue weighted by atomic mass is 16.5. The highest BCUT2D eigenvalue weighted by Crippen LogP contribution is 2.29. The Bertz CT molecular complexity index is 712. The zero-order valence-corrected chi connectivity index (χ0v) is 11.5. The predicted octanol–water partition coefficient (Wildman–Crippen LogP) is 4.35. The van der Waals surface area contributed by atoms with Gasteiger partial charge < -0.3 is 9.30 Å². The fourth-order valence-electron chi connectivity index (χ4n) is 2.75. The minimum atomic E-state index is 0.692. The van der Waals surface area contributed by atoms with E-state index in [2.05, 4.69) is 54.0 Å². The SMILES string of the molecule is CCOCc1ccc2c3ccccc3n(CC)c2c1. The van der Waals surface area contributed by atoms with E-state index in [-0.39, 0.29) is 0 Å². The highest BCUT2D eigenvalue weighted by Gasteiger charge is 2.09. The summed E-state index contributed by atoms with van der Waals surface area (Å²) in [7, 11) is 0. The molecule has 1 aromatic heterocycles. The van der Waals surface area contributed by atoms with Crippen LogP contribution in [0.5, 0.6) is 0 Å². The molecule has 0 aliphatic heterocycles. The van der Waals surface area contributed by atoms with Gasteiger partial charge in [0.05, 0.1) is 6.61 Å². The van der Waals surface area contributed by atoms with Gasteiger partial charge in [0.1, 0.15) is 0 Å². The molecule has 0 fully saturated rings. The van der Waals surface area contributed by atoms with E-state index in [0.717, 1.165) is 13.2 Å². The first-order chi connectivity index (χ1) is 9.35. The van der Waals surface area contributed by atoms with Crippen LogP contribution in [0.25, 0.3) is 21.8 Å². The number of para-hydroxylation sites is 1. The van der Waals surface area contributed by atoms with Crippen molar-refractivity contribution in [3.05, 3.63) is 48.0 Å². The molecule has 19 heavy (non-hydrogen) atoms. The monoisotopic (exact) mass is 253 g/mol. The van der Waals surface area contributed by atoms with Gasteiger partial charge in [0, 0.05) is 35.0 Å². The molecule has 0 N–H and O–H groups in total. The summed E-state index contributed by atoms with van der Waals surface area (Å²) in [5.74, 6) is 0. The molecule has 0 unspecified atom stereocenters. The van der Waals surface area contributed by atoms with E-state index >= 15 is 0 Å². The summed E-state index contributed by atoms with van der Waals surface area (Å²) in [6, 6.07) is 15.3. The van der Waals surface area contributed by atoms with Gasteiger partial charge in [-0.05, 0) is 31.5 Å². The molecule has 3 aromatic rings. The van der Waals surface area contributed by atoms with Crippen molar-refractivity contribution in [1.82, 2.24) is 4.57 Å². The molecule has 0 saturated carbocycles. The van der Waals surface area contributed by atoms with E-state index in [4.69, 9.17) is 4.74 Å². The summed E-state index contributed by atoms with van der Waals surface area (Å²) in [4.78, 5) is 0. The maximum absolute atomic E-state index is 5.51. The summed E-state index contributed by atoms with van der Waals surface area (Å²) in [5, 5.41) is 2.67. The second-order valence-corrected chi connectivity index (χ2v) is 4.75. The number of hydrogen-bond acceptors (Lipinski definition) is 1. The number of hydrogen-bond donors (Lipinski definition) is 0. The van der Waals surface area contributed by atoms with Crippen LogP contribution in [-0.2, 0) is 17.9 Å². The molecule has 0 bridgehead atoms. The third-order valence-corrected chi connectivity index (χ3v) is 3.63. The third-order valence-electron chi connectivity index (χ3n) is 3.63. The van der Waals surface area contributed by atoms with E-state index in [1.165, 1.54) is 27.4 Å². The minimum Gasteiger partial charge on any atom is -0.377 e. The van der Waals surface area contributed by atoms with Crippen LogP contribution in [0.3, 0.4) is 0 Å². The number of benzene rings is 2. The molecule has 0 aliphatic rings. The van der Waals surface area contributed by atoms with E-state index in [1.807, 2.05) is 6.92 Å². The predicted molar refractivity (Wildman–Crippen MR) is 80.4 cm³/mol. The molecule has 2 aromatic carbocycles. The largest absolute Gasteiger partial charge is 0.377 e. The van der Waals surface area contributed by atoms with Gasteiger partial charge in [0.25, 0.3) is 0 Å². The molecule has 2 heteroatoms. The van der Waals surface area contributed by atoms with Crippen molar-refractivity contribution in [3.8, 4) is 0 Å². The third kappa shape index (κ3) is 2.02. The van der Waals surface area contributed by atoms with Crippen molar-refractivity contribution in [2.24, 2.45) is 0 Å². The standard InChI is InChI=1S/C17H19NO/c1-3-18-16-8-6-5-7-14(16)15-10-9-13(11-17(15)18)12-19-4-2/h5-11H,3-4,12H2,1-2H3. The average molecular weight is 253 g/mol. The van der Waals surface area contributed by atoms with Crippen LogP contribution in [0, 0.1) is 0 Å². The van der Waals surface area contributed by atoms with Gasteiger partial charge in [-0.2, -0.15) is 0 Å². The Hall–Kier alpha value is -1.80. The van der Waals surface area contributed by atoms with Gasteiger partial charge in [0.2, 0.25) is 0 Å². The Morgan fingerprint density at radius 2 is 1.74 bits per heavy atom. The van der Waals surface area contributed by atoms with Gasteiger partial charge >= 0.3 is 0 Å². The van der Waals surface area contributed by atoms with Crippen LogP contribution in [0.1, 0.15) is 19.4 Å². The smallest absolute Gasteiger partial charge is 0.0717 e. The van der Waals surface area contributed by atoms with Crippen LogP contribution in [-0.4, -0.2) is 11.2 Å². The van der Waals surface area contributed by atoms with E-state index < -0.39 is 0 Å². The molecule has 0 radical (unpaired) electrons. The first kappa shape index (κ1) is 12.2. The molecule has 1 heterocycles. The fourth-order valence-corrected chi connectivity index (χ4v) is 2.75. The lowest BCUT2D eigenvalue weighted by atomic mass is 10.1. The van der Waals surface area contributed by atoms with Crippen LogP contribution >= 0.6 is 0 Å². The van der Waals surface area contributed by atoms with Gasteiger partial charge in [0.15, 0.2) is 0 Å². The molecular weight excluding hydrogens is 234 g/mol. The fraction of sp³-hybridized carbons (Fsp3) is 0.294. The molecule has 98 valence electrons. The number of aromatic nitrogens is 1. The number of rotatable bonds is 4. The average Bonchev–Trinajstić information content (AvgIpc) is 2.78. The Labute approximate surface area is 113 Å². The van der Waals surface area contributed by atoms with E-state index in [1.54, 1.807) is 0 Å². The van der Waals surface area contributed by atoms with Crippen molar-refractivity contribution in [2.45, 2.75) is 27.0 Å². The van der Waals surface area contributed by atoms with Crippen molar-refractivity contribution in [1.29, 1.82) is 0 Å². The zero-order chi connectivity index (χ0) is 13.2. The maximum atomic E-state index is 5.51. The molecule has 0 atom stereocenters. The first-order valence-electron chi connectivity index (χ1n) is 6.92. The molecule has 2 nitrogen and oxygen atoms in total. The normalized spacial score (nSPS) is 11.5. The molecule has 0 saturated heterocycles. The quantitative estimate of drug-likeness (QED) is 0.674. The first-order valence-corrected chi connectivity index (χ1v) is 6.92. The molecule has 0 spiro atoms. The maximum Gasteiger partial charge on any atom is 0.0717 e. The van der Waals surface area contributed by atoms with Crippen molar-refractivity contribution in [2.75, 3.05) is 6.61 Å². The van der Waals surface area contributed by atoms with E-state index in [9.17, 15) is 0 Å². The van der Waals surface area contributed by atoms with E-state index in [0.29, 0.717) is 6.61 Å². The Balaban J connectivity index is 2.23. The Kier molecular flexibility index (Phi) is 3.26. The molecule has 0 aliphatic carbocycles. The van der Waals surface area contributed by atoms with Gasteiger partial charge in [-0.15, -0.1) is 0 Å². The lowest BCUT2D eigenvalue weighted by molar-refractivity contribution is 0.134. The van der Waals surface area contributed by atoms with Crippen molar-refractivity contribution >= 4 is 21.8 Å². The van der Waals surface area contributed by atoms with Crippen molar-refractivity contribution < 1.29 is 4.74 Å². The van der Waals surface area contributed by atoms with Gasteiger partial charge in [-0.25, -0.2) is 0 Å². The summed E-state index contributed by atoms with van der Waals surface area (Å²) in [6.45, 7) is 6.66. The minimum absolute atomic E-state index is 0.692. The summed E-state index contributed by atoms with van der Waals surface area (Å²) < 4.78 is 7.88. The van der Waals surface area contributed by atoms with Crippen LogP contribution in [0.4, 0.5) is 0 Å². The zero-order valence-electron chi connectivity index (χ0n) is 11.5. The molecular formula is C17H19NO. The van der Waals surface area contributed by atoms with Crippen LogP contribution < -0.4 is 0 Å². The Morgan fingerprint density at radius 1 is 0.947 bits per heavy atom. The lowest BCUT2D eigenvalue weighted by Crippen LogP contribution is -1.95. The second-order valence-electron chi connectivity index (χ2n) is 4.75. The highest BCUT2D eigenvalue weighted by molar-refractivity contribution is 6.08. The summed E-state index contributed by atoms with van der Waals surface area (Å²) in [6.07, 6.45) is 0. The lowest BCUT2D eigenvalue weighted by Gasteiger charge is -2.05. The molecule has 0 amide bonds. The van der Waals surface area contributed by atoms with Gasteiger partial charge in [-0.1, -0.05) is 30.3 Å². The summed E-state index contributed by atoms with van der Waals surface area (Å²) in [5.41, 5.74) is 3.86. The Morgan fingerprint density at radius 3 is 2.53 bits per heavy atom. The van der Waals surface area contributed by atoms with Crippen LogP contribution in [0.15, 0.2) is 42.5 Å². The number of nitrogens with zero attached hydrogens (tertiary/aromatic N) is 1. The topological polar surface area (TPSA) is 14.2 Å².